The Kier molecular flexibility index (Phi) is 3.75. The molecule has 98 valence electrons. The summed E-state index contributed by atoms with van der Waals surface area (Å²) in [5, 5.41) is 18.4. The fourth-order valence-electron chi connectivity index (χ4n) is 1.88. The molecule has 0 radical (unpaired) electrons. The second-order valence-electron chi connectivity index (χ2n) is 4.17. The van der Waals surface area contributed by atoms with Crippen LogP contribution in [0.2, 0.25) is 0 Å². The van der Waals surface area contributed by atoms with Crippen molar-refractivity contribution in [3.8, 4) is 0 Å². The summed E-state index contributed by atoms with van der Waals surface area (Å²) in [7, 11) is 0. The first-order valence-corrected chi connectivity index (χ1v) is 5.90. The Hall–Kier alpha value is -2.43. The van der Waals surface area contributed by atoms with E-state index in [1.165, 1.54) is 6.21 Å². The van der Waals surface area contributed by atoms with Crippen molar-refractivity contribution >= 4 is 23.7 Å². The van der Waals surface area contributed by atoms with Gasteiger partial charge in [-0.05, 0) is 6.42 Å². The standard InChI is InChI=1S/C14H13NO4/c16-12(17)6-3-7-15-8-11-13(18)9-4-1-2-5-10(9)14(11)19/h1-2,4-5,8,18H,3,6-7H2,(H,16,17). The predicted molar refractivity (Wildman–Crippen MR) is 70.6 cm³/mol. The van der Waals surface area contributed by atoms with Crippen LogP contribution in [0.1, 0.15) is 28.8 Å². The van der Waals surface area contributed by atoms with Crippen LogP contribution in [0.25, 0.3) is 5.76 Å². The summed E-state index contributed by atoms with van der Waals surface area (Å²) in [6, 6.07) is 6.80. The van der Waals surface area contributed by atoms with E-state index < -0.39 is 5.97 Å². The van der Waals surface area contributed by atoms with Gasteiger partial charge in [-0.25, -0.2) is 0 Å². The number of aliphatic imine (C=N–C) groups is 1. The first kappa shape index (κ1) is 13.0. The number of ketones is 1. The smallest absolute Gasteiger partial charge is 0.303 e. The first-order valence-electron chi connectivity index (χ1n) is 5.90. The van der Waals surface area contributed by atoms with Crippen molar-refractivity contribution in [2.75, 3.05) is 6.54 Å². The van der Waals surface area contributed by atoms with Crippen molar-refractivity contribution in [3.63, 3.8) is 0 Å². The Bertz CT molecular complexity index is 587. The van der Waals surface area contributed by atoms with E-state index in [2.05, 4.69) is 4.99 Å². The molecule has 0 atom stereocenters. The van der Waals surface area contributed by atoms with E-state index in [0.717, 1.165) is 0 Å². The van der Waals surface area contributed by atoms with Gasteiger partial charge in [0.15, 0.2) is 5.78 Å². The van der Waals surface area contributed by atoms with E-state index >= 15 is 0 Å². The average Bonchev–Trinajstić information content (AvgIpc) is 2.63. The fraction of sp³-hybridized carbons (Fsp3) is 0.214. The van der Waals surface area contributed by atoms with E-state index in [-0.39, 0.29) is 23.5 Å². The van der Waals surface area contributed by atoms with Crippen LogP contribution in [-0.2, 0) is 4.79 Å². The summed E-state index contributed by atoms with van der Waals surface area (Å²) in [4.78, 5) is 26.3. The summed E-state index contributed by atoms with van der Waals surface area (Å²) >= 11 is 0. The molecule has 2 rings (SSSR count). The molecule has 0 saturated heterocycles. The van der Waals surface area contributed by atoms with Gasteiger partial charge in [0.05, 0.1) is 5.57 Å². The summed E-state index contributed by atoms with van der Waals surface area (Å²) < 4.78 is 0. The Morgan fingerprint density at radius 2 is 1.95 bits per heavy atom. The molecule has 0 saturated carbocycles. The minimum absolute atomic E-state index is 0.0382. The van der Waals surface area contributed by atoms with Gasteiger partial charge in [-0.1, -0.05) is 24.3 Å². The number of carboxylic acid groups (broad SMARTS) is 1. The second kappa shape index (κ2) is 5.48. The third-order valence-electron chi connectivity index (χ3n) is 2.82. The van der Waals surface area contributed by atoms with Crippen LogP contribution in [0.4, 0.5) is 0 Å². The van der Waals surface area contributed by atoms with Crippen molar-refractivity contribution in [1.82, 2.24) is 0 Å². The Morgan fingerprint density at radius 1 is 1.26 bits per heavy atom. The predicted octanol–water partition coefficient (Wildman–Crippen LogP) is 2.09. The van der Waals surface area contributed by atoms with Gasteiger partial charge in [-0.3, -0.25) is 14.6 Å². The fourth-order valence-corrected chi connectivity index (χ4v) is 1.88. The molecule has 0 fully saturated rings. The van der Waals surface area contributed by atoms with E-state index in [1.54, 1.807) is 24.3 Å². The van der Waals surface area contributed by atoms with E-state index in [0.29, 0.717) is 24.1 Å². The first-order chi connectivity index (χ1) is 9.11. The van der Waals surface area contributed by atoms with Crippen molar-refractivity contribution in [3.05, 3.63) is 41.0 Å². The molecule has 0 unspecified atom stereocenters. The molecule has 2 N–H and O–H groups in total. The van der Waals surface area contributed by atoms with Crippen molar-refractivity contribution in [1.29, 1.82) is 0 Å². The molecule has 1 aliphatic carbocycles. The number of fused-ring (bicyclic) bond motifs is 1. The van der Waals surface area contributed by atoms with Crippen LogP contribution < -0.4 is 0 Å². The highest BCUT2D eigenvalue weighted by molar-refractivity contribution is 6.30. The van der Waals surface area contributed by atoms with E-state index in [9.17, 15) is 14.7 Å². The van der Waals surface area contributed by atoms with E-state index in [1.807, 2.05) is 0 Å². The van der Waals surface area contributed by atoms with Crippen molar-refractivity contribution in [2.45, 2.75) is 12.8 Å². The highest BCUT2D eigenvalue weighted by Crippen LogP contribution is 2.29. The lowest BCUT2D eigenvalue weighted by Crippen LogP contribution is -2.01. The van der Waals surface area contributed by atoms with Gasteiger partial charge in [0.1, 0.15) is 5.76 Å². The zero-order valence-corrected chi connectivity index (χ0v) is 10.2. The van der Waals surface area contributed by atoms with Gasteiger partial charge in [0.2, 0.25) is 0 Å². The number of hydrogen-bond acceptors (Lipinski definition) is 4. The maximum atomic E-state index is 12.0. The number of Topliss-reactive ketones (excluding diaryl/α,β-unsaturated/α-hetero) is 1. The summed E-state index contributed by atoms with van der Waals surface area (Å²) in [5.74, 6) is -1.20. The average molecular weight is 259 g/mol. The second-order valence-corrected chi connectivity index (χ2v) is 4.17. The number of rotatable bonds is 5. The van der Waals surface area contributed by atoms with Gasteiger partial charge in [0.25, 0.3) is 0 Å². The number of benzene rings is 1. The number of hydrogen-bond donors (Lipinski definition) is 2. The van der Waals surface area contributed by atoms with Gasteiger partial charge in [0, 0.05) is 30.3 Å². The third kappa shape index (κ3) is 2.70. The van der Waals surface area contributed by atoms with Crippen molar-refractivity contribution in [2.24, 2.45) is 4.99 Å². The zero-order valence-electron chi connectivity index (χ0n) is 10.2. The minimum Gasteiger partial charge on any atom is -0.506 e. The van der Waals surface area contributed by atoms with Crippen LogP contribution in [0, 0.1) is 0 Å². The highest BCUT2D eigenvalue weighted by atomic mass is 16.4. The van der Waals surface area contributed by atoms with Crippen LogP contribution in [0.5, 0.6) is 0 Å². The number of aliphatic carboxylic acids is 1. The molecule has 0 aliphatic heterocycles. The molecular weight excluding hydrogens is 246 g/mol. The van der Waals surface area contributed by atoms with Gasteiger partial charge >= 0.3 is 5.97 Å². The molecule has 5 nitrogen and oxygen atoms in total. The highest BCUT2D eigenvalue weighted by Gasteiger charge is 2.27. The number of allylic oxidation sites excluding steroid dienone is 1. The lowest BCUT2D eigenvalue weighted by molar-refractivity contribution is -0.137. The van der Waals surface area contributed by atoms with Crippen molar-refractivity contribution < 1.29 is 19.8 Å². The van der Waals surface area contributed by atoms with Crippen LogP contribution >= 0.6 is 0 Å². The van der Waals surface area contributed by atoms with Gasteiger partial charge in [-0.15, -0.1) is 0 Å². The SMILES string of the molecule is O=C(O)CCCN=CC1=C(O)c2ccccc2C1=O. The van der Waals surface area contributed by atoms with E-state index in [4.69, 9.17) is 5.11 Å². The molecule has 0 heterocycles. The molecule has 0 aromatic heterocycles. The summed E-state index contributed by atoms with van der Waals surface area (Å²) in [5.41, 5.74) is 1.14. The molecule has 19 heavy (non-hydrogen) atoms. The molecule has 0 bridgehead atoms. The van der Waals surface area contributed by atoms with Crippen LogP contribution in [0.15, 0.2) is 34.8 Å². The Labute approximate surface area is 109 Å². The lowest BCUT2D eigenvalue weighted by Gasteiger charge is -1.95. The number of carboxylic acids is 1. The van der Waals surface area contributed by atoms with Crippen LogP contribution in [0.3, 0.4) is 0 Å². The molecule has 0 amide bonds. The Morgan fingerprint density at radius 3 is 2.58 bits per heavy atom. The maximum absolute atomic E-state index is 12.0. The molecule has 1 aliphatic rings. The molecule has 1 aromatic rings. The molecular formula is C14H13NO4. The summed E-state index contributed by atoms with van der Waals surface area (Å²) in [6.45, 7) is 0.312. The quantitative estimate of drug-likeness (QED) is 0.626. The number of aliphatic hydroxyl groups excluding tert-OH is 1. The van der Waals surface area contributed by atoms with Crippen LogP contribution in [-0.4, -0.2) is 34.7 Å². The molecule has 0 spiro atoms. The Balaban J connectivity index is 2.06. The maximum Gasteiger partial charge on any atom is 0.303 e. The third-order valence-corrected chi connectivity index (χ3v) is 2.82. The molecule has 5 heteroatoms. The molecule has 1 aromatic carbocycles. The largest absolute Gasteiger partial charge is 0.506 e. The lowest BCUT2D eigenvalue weighted by atomic mass is 10.1. The monoisotopic (exact) mass is 259 g/mol. The topological polar surface area (TPSA) is 87.0 Å². The number of aliphatic hydroxyl groups is 1. The van der Waals surface area contributed by atoms with Gasteiger partial charge in [-0.2, -0.15) is 0 Å². The number of carbonyl (C=O) groups excluding carboxylic acids is 1. The minimum atomic E-state index is -0.874. The number of carbonyl (C=O) groups is 2. The number of nitrogens with zero attached hydrogens (tertiary/aromatic N) is 1. The zero-order chi connectivity index (χ0) is 13.8. The summed E-state index contributed by atoms with van der Waals surface area (Å²) in [6.07, 6.45) is 1.76. The normalized spacial score (nSPS) is 14.2. The van der Waals surface area contributed by atoms with Gasteiger partial charge < -0.3 is 10.2 Å².